The van der Waals surface area contributed by atoms with Gasteiger partial charge >= 0.3 is 5.97 Å². The lowest BCUT2D eigenvalue weighted by Gasteiger charge is -2.24. The van der Waals surface area contributed by atoms with Gasteiger partial charge in [0, 0.05) is 19.8 Å². The normalized spacial score (nSPS) is 18.1. The first kappa shape index (κ1) is 16.2. The largest absolute Gasteiger partial charge is 0.426 e. The molecule has 21 heavy (non-hydrogen) atoms. The number of carbonyl (C=O) groups is 1. The van der Waals surface area contributed by atoms with Crippen molar-refractivity contribution in [3.05, 3.63) is 39.2 Å². The number of cyclic esters (lactones) is 1. The predicted octanol–water partition coefficient (Wildman–Crippen LogP) is 2.64. The Balaban J connectivity index is 2.12. The average Bonchev–Trinajstić information content (AvgIpc) is 2.74. The molecule has 0 fully saturated rings. The summed E-state index contributed by atoms with van der Waals surface area (Å²) in [5.41, 5.74) is 1.42. The van der Waals surface area contributed by atoms with Gasteiger partial charge in [0.05, 0.1) is 6.61 Å². The standard InChI is InChI=1S/C13H13BrClFN2O3/c1-18(7-8-2-3-9(15)17-6-8)11-10(14)12(19)21-13(11)20-5-4-16/h2-3,6,13H,4-5,7H2,1H3. The minimum atomic E-state index is -0.909. The van der Waals surface area contributed by atoms with Gasteiger partial charge in [-0.25, -0.2) is 14.2 Å². The van der Waals surface area contributed by atoms with Crippen LogP contribution in [0.5, 0.6) is 0 Å². The fourth-order valence-corrected chi connectivity index (χ4v) is 2.58. The highest BCUT2D eigenvalue weighted by Gasteiger charge is 2.36. The Bertz CT molecular complexity index is 553. The van der Waals surface area contributed by atoms with Gasteiger partial charge in [0.25, 0.3) is 0 Å². The second-order valence-electron chi connectivity index (χ2n) is 4.34. The van der Waals surface area contributed by atoms with Gasteiger partial charge in [0.15, 0.2) is 0 Å². The molecule has 1 unspecified atom stereocenters. The molecule has 2 rings (SSSR count). The zero-order chi connectivity index (χ0) is 15.4. The van der Waals surface area contributed by atoms with Gasteiger partial charge < -0.3 is 14.4 Å². The van der Waals surface area contributed by atoms with E-state index in [1.165, 1.54) is 0 Å². The van der Waals surface area contributed by atoms with Crippen molar-refractivity contribution in [3.8, 4) is 0 Å². The van der Waals surface area contributed by atoms with Crippen LogP contribution in [0.4, 0.5) is 4.39 Å². The topological polar surface area (TPSA) is 51.7 Å². The molecule has 0 saturated carbocycles. The number of rotatable bonds is 6. The van der Waals surface area contributed by atoms with Crippen LogP contribution in [-0.2, 0) is 20.8 Å². The van der Waals surface area contributed by atoms with E-state index in [1.807, 2.05) is 6.07 Å². The molecule has 5 nitrogen and oxygen atoms in total. The Morgan fingerprint density at radius 3 is 2.95 bits per heavy atom. The molecule has 0 N–H and O–H groups in total. The van der Waals surface area contributed by atoms with Crippen LogP contribution < -0.4 is 0 Å². The number of likely N-dealkylation sites (N-methyl/N-ethyl adjacent to an activating group) is 1. The number of pyridine rings is 1. The van der Waals surface area contributed by atoms with E-state index in [1.54, 1.807) is 24.2 Å². The SMILES string of the molecule is CN(Cc1ccc(Cl)nc1)C1=C(Br)C(=O)OC1OCCF. The number of ether oxygens (including phenoxy) is 2. The van der Waals surface area contributed by atoms with Gasteiger partial charge in [0.1, 0.15) is 22.0 Å². The van der Waals surface area contributed by atoms with Crippen molar-refractivity contribution in [3.63, 3.8) is 0 Å². The third kappa shape index (κ3) is 3.93. The molecule has 0 aromatic carbocycles. The summed E-state index contributed by atoms with van der Waals surface area (Å²) in [6.07, 6.45) is 0.732. The van der Waals surface area contributed by atoms with Crippen molar-refractivity contribution in [2.75, 3.05) is 20.3 Å². The summed E-state index contributed by atoms with van der Waals surface area (Å²) < 4.78 is 22.7. The maximum Gasteiger partial charge on any atom is 0.349 e. The average molecular weight is 380 g/mol. The van der Waals surface area contributed by atoms with Crippen molar-refractivity contribution >= 4 is 33.5 Å². The van der Waals surface area contributed by atoms with Crippen molar-refractivity contribution in [1.82, 2.24) is 9.88 Å². The molecule has 1 atom stereocenters. The van der Waals surface area contributed by atoms with Crippen molar-refractivity contribution in [1.29, 1.82) is 0 Å². The lowest BCUT2D eigenvalue weighted by atomic mass is 10.2. The highest BCUT2D eigenvalue weighted by Crippen LogP contribution is 2.30. The van der Waals surface area contributed by atoms with Crippen LogP contribution in [0.3, 0.4) is 0 Å². The fraction of sp³-hybridized carbons (Fsp3) is 0.385. The number of halogens is 3. The molecular formula is C13H13BrClFN2O3. The molecule has 114 valence electrons. The molecular weight excluding hydrogens is 367 g/mol. The summed E-state index contributed by atoms with van der Waals surface area (Å²) in [5, 5.41) is 0.408. The van der Waals surface area contributed by atoms with Crippen LogP contribution in [0, 0.1) is 0 Å². The maximum atomic E-state index is 12.2. The Hall–Kier alpha value is -1.18. The van der Waals surface area contributed by atoms with E-state index in [0.717, 1.165) is 5.56 Å². The van der Waals surface area contributed by atoms with E-state index in [-0.39, 0.29) is 11.1 Å². The van der Waals surface area contributed by atoms with Crippen molar-refractivity contribution < 1.29 is 18.7 Å². The monoisotopic (exact) mass is 378 g/mol. The van der Waals surface area contributed by atoms with Crippen LogP contribution in [-0.4, -0.2) is 42.5 Å². The Morgan fingerprint density at radius 2 is 2.33 bits per heavy atom. The Morgan fingerprint density at radius 1 is 1.57 bits per heavy atom. The summed E-state index contributed by atoms with van der Waals surface area (Å²) in [5.74, 6) is -0.532. The third-order valence-corrected chi connectivity index (χ3v) is 3.76. The van der Waals surface area contributed by atoms with E-state index in [2.05, 4.69) is 20.9 Å². The molecule has 8 heteroatoms. The van der Waals surface area contributed by atoms with Crippen molar-refractivity contribution in [2.45, 2.75) is 12.8 Å². The first-order chi connectivity index (χ1) is 10.0. The summed E-state index contributed by atoms with van der Waals surface area (Å²) in [7, 11) is 1.78. The van der Waals surface area contributed by atoms with Crippen molar-refractivity contribution in [2.24, 2.45) is 0 Å². The molecule has 0 amide bonds. The number of nitrogens with zero attached hydrogens (tertiary/aromatic N) is 2. The lowest BCUT2D eigenvalue weighted by molar-refractivity contribution is -0.162. The number of carbonyl (C=O) groups excluding carboxylic acids is 1. The first-order valence-electron chi connectivity index (χ1n) is 6.12. The van der Waals surface area contributed by atoms with Crippen LogP contribution >= 0.6 is 27.5 Å². The van der Waals surface area contributed by atoms with E-state index < -0.39 is 18.9 Å². The Kier molecular flexibility index (Phi) is 5.55. The zero-order valence-electron chi connectivity index (χ0n) is 11.2. The predicted molar refractivity (Wildman–Crippen MR) is 78.5 cm³/mol. The summed E-state index contributed by atoms with van der Waals surface area (Å²) >= 11 is 8.92. The Labute approximate surface area is 134 Å². The molecule has 0 saturated heterocycles. The summed E-state index contributed by atoms with van der Waals surface area (Å²) in [4.78, 5) is 17.4. The number of aromatic nitrogens is 1. The lowest BCUT2D eigenvalue weighted by Crippen LogP contribution is -2.28. The molecule has 0 aliphatic carbocycles. The number of alkyl halides is 1. The van der Waals surface area contributed by atoms with Gasteiger partial charge in [-0.2, -0.15) is 0 Å². The highest BCUT2D eigenvalue weighted by atomic mass is 79.9. The molecule has 1 aromatic rings. The molecule has 0 spiro atoms. The molecule has 0 radical (unpaired) electrons. The van der Waals surface area contributed by atoms with Crippen LogP contribution in [0.1, 0.15) is 5.56 Å². The van der Waals surface area contributed by atoms with E-state index in [9.17, 15) is 9.18 Å². The minimum absolute atomic E-state index is 0.141. The molecule has 1 aromatic heterocycles. The third-order valence-electron chi connectivity index (χ3n) is 2.81. The van der Waals surface area contributed by atoms with Crippen LogP contribution in [0.25, 0.3) is 0 Å². The quantitative estimate of drug-likeness (QED) is 0.562. The number of hydrogen-bond acceptors (Lipinski definition) is 5. The first-order valence-corrected chi connectivity index (χ1v) is 7.29. The molecule has 1 aliphatic heterocycles. The number of hydrogen-bond donors (Lipinski definition) is 0. The van der Waals surface area contributed by atoms with E-state index >= 15 is 0 Å². The van der Waals surface area contributed by atoms with Gasteiger partial charge in [-0.15, -0.1) is 0 Å². The highest BCUT2D eigenvalue weighted by molar-refractivity contribution is 9.12. The smallest absolute Gasteiger partial charge is 0.349 e. The van der Waals surface area contributed by atoms with Crippen LogP contribution in [0.2, 0.25) is 5.15 Å². The fourth-order valence-electron chi connectivity index (χ4n) is 1.88. The molecule has 0 bridgehead atoms. The van der Waals surface area contributed by atoms with Gasteiger partial charge in [-0.05, 0) is 27.6 Å². The van der Waals surface area contributed by atoms with Gasteiger partial charge in [0.2, 0.25) is 6.29 Å². The summed E-state index contributed by atoms with van der Waals surface area (Å²) in [6.45, 7) is -0.317. The second kappa shape index (κ2) is 7.20. The second-order valence-corrected chi connectivity index (χ2v) is 5.52. The number of esters is 1. The van der Waals surface area contributed by atoms with E-state index in [4.69, 9.17) is 21.1 Å². The zero-order valence-corrected chi connectivity index (χ0v) is 13.5. The maximum absolute atomic E-state index is 12.2. The molecule has 2 heterocycles. The minimum Gasteiger partial charge on any atom is -0.426 e. The summed E-state index contributed by atoms with van der Waals surface area (Å²) in [6, 6.07) is 3.51. The van der Waals surface area contributed by atoms with Crippen LogP contribution in [0.15, 0.2) is 28.5 Å². The van der Waals surface area contributed by atoms with E-state index in [0.29, 0.717) is 17.4 Å². The van der Waals surface area contributed by atoms with Gasteiger partial charge in [-0.1, -0.05) is 17.7 Å². The molecule has 1 aliphatic rings. The van der Waals surface area contributed by atoms with Gasteiger partial charge in [-0.3, -0.25) is 0 Å².